The normalized spacial score (nSPS) is 35.0. The number of likely N-dealkylation sites (N-methyl/N-ethyl adjacent to an activating group) is 1. The monoisotopic (exact) mass is 592 g/mol. The van der Waals surface area contributed by atoms with E-state index in [1.807, 2.05) is 0 Å². The molecule has 3 saturated heterocycles. The maximum Gasteiger partial charge on any atom is 0.232 e. The van der Waals surface area contributed by atoms with Crippen LogP contribution in [-0.2, 0) is 4.79 Å². The molecule has 0 aromatic rings. The zero-order chi connectivity index (χ0) is 28.8. The van der Waals surface area contributed by atoms with Crippen molar-refractivity contribution in [3.8, 4) is 0 Å². The van der Waals surface area contributed by atoms with Crippen molar-refractivity contribution < 1.29 is 4.79 Å². The SMILES string of the molecule is CN1CCN(C2CCN(C3CCNCC3NC(=O)C(C3=NCC(Cl)CCCC4CCCCCC34)C(N)N)CC2)CC1. The molecule has 6 N–H and O–H groups in total. The number of alkyl halides is 1. The van der Waals surface area contributed by atoms with Crippen LogP contribution < -0.4 is 22.1 Å². The number of hydrogen-bond acceptors (Lipinski definition) is 8. The zero-order valence-electron chi connectivity index (χ0n) is 25.5. The Balaban J connectivity index is 1.26. The van der Waals surface area contributed by atoms with E-state index in [9.17, 15) is 4.79 Å². The Morgan fingerprint density at radius 1 is 0.927 bits per heavy atom. The molecule has 1 saturated carbocycles. The molecule has 4 fully saturated rings. The first-order valence-corrected chi connectivity index (χ1v) is 17.2. The lowest BCUT2D eigenvalue weighted by atomic mass is 9.76. The molecule has 5 rings (SSSR count). The molecule has 0 aromatic heterocycles. The molecule has 4 aliphatic heterocycles. The third-order valence-corrected chi connectivity index (χ3v) is 11.2. The van der Waals surface area contributed by atoms with Gasteiger partial charge in [0.2, 0.25) is 5.91 Å². The summed E-state index contributed by atoms with van der Waals surface area (Å²) >= 11 is 6.66. The van der Waals surface area contributed by atoms with Crippen molar-refractivity contribution >= 4 is 23.2 Å². The van der Waals surface area contributed by atoms with Gasteiger partial charge in [0.25, 0.3) is 0 Å². The highest BCUT2D eigenvalue weighted by atomic mass is 35.5. The summed E-state index contributed by atoms with van der Waals surface area (Å²) in [6, 6.07) is 1.07. The van der Waals surface area contributed by atoms with Crippen LogP contribution in [0.2, 0.25) is 0 Å². The lowest BCUT2D eigenvalue weighted by Crippen LogP contribution is -2.64. The number of piperidine rings is 2. The molecule has 0 spiro atoms. The summed E-state index contributed by atoms with van der Waals surface area (Å²) < 4.78 is 0. The van der Waals surface area contributed by atoms with E-state index in [1.165, 1.54) is 64.7 Å². The second-order valence-electron chi connectivity index (χ2n) is 13.6. The number of nitrogens with one attached hydrogen (secondary N) is 2. The second-order valence-corrected chi connectivity index (χ2v) is 14.3. The fourth-order valence-electron chi connectivity index (χ4n) is 8.44. The van der Waals surface area contributed by atoms with Gasteiger partial charge in [0.05, 0.1) is 24.1 Å². The average Bonchev–Trinajstić information content (AvgIpc) is 3.17. The number of fused-ring (bicyclic) bond motifs is 1. The summed E-state index contributed by atoms with van der Waals surface area (Å²) in [5.41, 5.74) is 13.8. The fraction of sp³-hybridized carbons (Fsp3) is 0.935. The third kappa shape index (κ3) is 8.22. The van der Waals surface area contributed by atoms with Gasteiger partial charge in [-0.25, -0.2) is 0 Å². The highest BCUT2D eigenvalue weighted by molar-refractivity contribution is 6.21. The molecule has 1 amide bonds. The van der Waals surface area contributed by atoms with Crippen LogP contribution in [0.1, 0.15) is 70.6 Å². The van der Waals surface area contributed by atoms with Gasteiger partial charge in [-0.05, 0) is 64.5 Å². The second kappa shape index (κ2) is 15.3. The Labute approximate surface area is 253 Å². The van der Waals surface area contributed by atoms with Crippen molar-refractivity contribution in [2.45, 2.75) is 100 Å². The number of halogens is 1. The van der Waals surface area contributed by atoms with Crippen LogP contribution in [-0.4, -0.2) is 122 Å². The smallest absolute Gasteiger partial charge is 0.232 e. The summed E-state index contributed by atoms with van der Waals surface area (Å²) in [5, 5.41) is 7.01. The first-order valence-electron chi connectivity index (χ1n) is 16.8. The Bertz CT molecular complexity index is 857. The van der Waals surface area contributed by atoms with Gasteiger partial charge in [0, 0.05) is 69.5 Å². The van der Waals surface area contributed by atoms with E-state index in [4.69, 9.17) is 28.1 Å². The minimum atomic E-state index is -0.776. The van der Waals surface area contributed by atoms with Gasteiger partial charge in [-0.2, -0.15) is 0 Å². The summed E-state index contributed by atoms with van der Waals surface area (Å²) in [4.78, 5) is 27.0. The van der Waals surface area contributed by atoms with Crippen molar-refractivity contribution in [1.29, 1.82) is 0 Å². The van der Waals surface area contributed by atoms with E-state index in [1.54, 1.807) is 0 Å². The van der Waals surface area contributed by atoms with Gasteiger partial charge in [-0.3, -0.25) is 19.6 Å². The molecule has 234 valence electrons. The fourth-order valence-corrected chi connectivity index (χ4v) is 8.66. The Hall–Kier alpha value is -0.810. The first-order chi connectivity index (χ1) is 19.9. The van der Waals surface area contributed by atoms with Crippen LogP contribution in [0.5, 0.6) is 0 Å². The molecule has 9 nitrogen and oxygen atoms in total. The van der Waals surface area contributed by atoms with Crippen molar-refractivity contribution in [2.75, 3.05) is 66.0 Å². The van der Waals surface area contributed by atoms with E-state index in [0.29, 0.717) is 24.5 Å². The minimum Gasteiger partial charge on any atom is -0.350 e. The Morgan fingerprint density at radius 3 is 2.41 bits per heavy atom. The first kappa shape index (κ1) is 31.6. The number of amides is 1. The maximum absolute atomic E-state index is 14.1. The van der Waals surface area contributed by atoms with Crippen LogP contribution in [0.3, 0.4) is 0 Å². The summed E-state index contributed by atoms with van der Waals surface area (Å²) in [7, 11) is 2.22. The summed E-state index contributed by atoms with van der Waals surface area (Å²) in [5.74, 6) is 0.169. The van der Waals surface area contributed by atoms with E-state index >= 15 is 0 Å². The number of aliphatic imine (C=N–C) groups is 1. The molecule has 0 aromatic carbocycles. The number of piperazine rings is 1. The quantitative estimate of drug-likeness (QED) is 0.275. The molecule has 5 aliphatic rings. The van der Waals surface area contributed by atoms with Crippen LogP contribution in [0.25, 0.3) is 0 Å². The van der Waals surface area contributed by atoms with Crippen molar-refractivity contribution in [3.05, 3.63) is 0 Å². The zero-order valence-corrected chi connectivity index (χ0v) is 26.2. The number of nitrogens with zero attached hydrogens (tertiary/aromatic N) is 4. The van der Waals surface area contributed by atoms with Gasteiger partial charge in [0.1, 0.15) is 5.92 Å². The third-order valence-electron chi connectivity index (χ3n) is 10.9. The topological polar surface area (TPSA) is 115 Å². The maximum atomic E-state index is 14.1. The van der Waals surface area contributed by atoms with Gasteiger partial charge in [-0.15, -0.1) is 11.6 Å². The van der Waals surface area contributed by atoms with Gasteiger partial charge in [0.15, 0.2) is 0 Å². The molecule has 1 aliphatic carbocycles. The minimum absolute atomic E-state index is 0.00532. The largest absolute Gasteiger partial charge is 0.350 e. The Kier molecular flexibility index (Phi) is 11.8. The van der Waals surface area contributed by atoms with Crippen LogP contribution >= 0.6 is 11.6 Å². The van der Waals surface area contributed by atoms with Crippen molar-refractivity contribution in [1.82, 2.24) is 25.3 Å². The predicted octanol–water partition coefficient (Wildman–Crippen LogP) is 1.83. The molecular formula is C31H57ClN8O. The highest BCUT2D eigenvalue weighted by Crippen LogP contribution is 2.37. The number of carbonyl (C=O) groups is 1. The van der Waals surface area contributed by atoms with Crippen LogP contribution in [0.4, 0.5) is 0 Å². The van der Waals surface area contributed by atoms with Crippen LogP contribution in [0.15, 0.2) is 4.99 Å². The van der Waals surface area contributed by atoms with E-state index in [0.717, 1.165) is 64.0 Å². The number of hydrogen-bond donors (Lipinski definition) is 4. The number of nitrogens with two attached hydrogens (primary N) is 2. The molecule has 10 heteroatoms. The summed E-state index contributed by atoms with van der Waals surface area (Å²) in [6.45, 7) is 9.23. The predicted molar refractivity (Wildman–Crippen MR) is 168 cm³/mol. The summed E-state index contributed by atoms with van der Waals surface area (Å²) in [6.07, 6.45) is 11.9. The average molecular weight is 593 g/mol. The molecule has 4 heterocycles. The Morgan fingerprint density at radius 2 is 1.66 bits per heavy atom. The molecule has 0 radical (unpaired) electrons. The van der Waals surface area contributed by atoms with Crippen molar-refractivity contribution in [2.24, 2.45) is 34.2 Å². The van der Waals surface area contributed by atoms with Gasteiger partial charge < -0.3 is 27.0 Å². The molecule has 6 atom stereocenters. The molecule has 41 heavy (non-hydrogen) atoms. The lowest BCUT2D eigenvalue weighted by molar-refractivity contribution is -0.125. The van der Waals surface area contributed by atoms with Crippen molar-refractivity contribution in [3.63, 3.8) is 0 Å². The molecule has 6 unspecified atom stereocenters. The number of likely N-dealkylation sites (tertiary alicyclic amines) is 1. The molecular weight excluding hydrogens is 536 g/mol. The van der Waals surface area contributed by atoms with Crippen LogP contribution in [0, 0.1) is 17.8 Å². The number of carbonyl (C=O) groups excluding carboxylic acids is 1. The number of rotatable bonds is 6. The van der Waals surface area contributed by atoms with E-state index in [2.05, 4.69) is 32.4 Å². The van der Waals surface area contributed by atoms with E-state index < -0.39 is 12.1 Å². The van der Waals surface area contributed by atoms with Gasteiger partial charge >= 0.3 is 0 Å². The van der Waals surface area contributed by atoms with Gasteiger partial charge in [-0.1, -0.05) is 25.7 Å². The molecule has 0 bridgehead atoms. The standard InChI is InChI=1S/C31H57ClN8O/c1-38-16-18-39(19-17-38)24-11-14-40(15-12-24)27-10-13-35-21-26(27)37-31(41)28(30(33)34)29-25-9-4-2-3-6-22(25)7-5-8-23(32)20-36-29/h22-28,30,35H,2-21,33-34H2,1H3,(H,37,41). The lowest BCUT2D eigenvalue weighted by Gasteiger charge is -2.47. The highest BCUT2D eigenvalue weighted by Gasteiger charge is 2.41. The van der Waals surface area contributed by atoms with E-state index in [-0.39, 0.29) is 23.2 Å².